The third-order valence-corrected chi connectivity index (χ3v) is 8.65. The average molecular weight is 566 g/mol. The van der Waals surface area contributed by atoms with E-state index in [0.717, 1.165) is 29.5 Å². The van der Waals surface area contributed by atoms with Crippen LogP contribution in [0.25, 0.3) is 10.9 Å². The van der Waals surface area contributed by atoms with E-state index >= 15 is 0 Å². The van der Waals surface area contributed by atoms with E-state index in [0.29, 0.717) is 28.9 Å². The number of rotatable bonds is 7. The number of hydrogen-bond donors (Lipinski definition) is 1. The Morgan fingerprint density at radius 2 is 1.98 bits per heavy atom. The Kier molecular flexibility index (Phi) is 6.88. The van der Waals surface area contributed by atoms with Crippen LogP contribution >= 0.6 is 0 Å². The fraction of sp³-hybridized carbons (Fsp3) is 0.424. The highest BCUT2D eigenvalue weighted by molar-refractivity contribution is 6.07. The van der Waals surface area contributed by atoms with E-state index in [1.54, 1.807) is 19.2 Å². The Balaban J connectivity index is 1.32. The van der Waals surface area contributed by atoms with Crippen molar-refractivity contribution in [3.8, 4) is 11.8 Å². The molecule has 3 heterocycles. The molecule has 2 fully saturated rings. The second-order valence-corrected chi connectivity index (χ2v) is 12.3. The number of anilines is 1. The monoisotopic (exact) mass is 565 g/mol. The predicted octanol–water partition coefficient (Wildman–Crippen LogP) is 4.59. The molecule has 2 aromatic carbocycles. The van der Waals surface area contributed by atoms with Gasteiger partial charge >= 0.3 is 0 Å². The molecular weight excluding hydrogens is 530 g/mol. The van der Waals surface area contributed by atoms with E-state index in [1.165, 1.54) is 9.80 Å². The summed E-state index contributed by atoms with van der Waals surface area (Å²) in [6.07, 6.45) is 2.68. The lowest BCUT2D eigenvalue weighted by Crippen LogP contribution is -2.52. The highest BCUT2D eigenvalue weighted by atomic mass is 16.5. The first kappa shape index (κ1) is 27.7. The molecule has 42 heavy (non-hydrogen) atoms. The number of para-hydroxylation sites is 1. The molecule has 2 aliphatic heterocycles. The first-order chi connectivity index (χ1) is 20.1. The maximum Gasteiger partial charge on any atom is 0.254 e. The van der Waals surface area contributed by atoms with Gasteiger partial charge in [-0.05, 0) is 61.9 Å². The quantitative estimate of drug-likeness (QED) is 0.448. The zero-order valence-corrected chi connectivity index (χ0v) is 24.4. The Morgan fingerprint density at radius 3 is 2.69 bits per heavy atom. The molecule has 0 unspecified atom stereocenters. The van der Waals surface area contributed by atoms with Crippen LogP contribution in [-0.4, -0.2) is 64.3 Å². The molecule has 9 heteroatoms. The molecule has 216 valence electrons. The maximum absolute atomic E-state index is 14.3. The topological polar surface area (TPSA) is 116 Å². The zero-order valence-electron chi connectivity index (χ0n) is 24.4. The Labute approximate surface area is 245 Å². The summed E-state index contributed by atoms with van der Waals surface area (Å²) in [5, 5.41) is 13.8. The molecule has 6 rings (SSSR count). The molecule has 3 atom stereocenters. The normalized spacial score (nSPS) is 21.8. The van der Waals surface area contributed by atoms with Crippen LogP contribution in [0.3, 0.4) is 0 Å². The number of nitrogens with one attached hydrogen (secondary N) is 1. The van der Waals surface area contributed by atoms with Gasteiger partial charge in [0.05, 0.1) is 17.6 Å². The highest BCUT2D eigenvalue weighted by Crippen LogP contribution is 2.46. The van der Waals surface area contributed by atoms with Crippen LogP contribution in [0.15, 0.2) is 48.5 Å². The second-order valence-electron chi connectivity index (χ2n) is 12.3. The largest absolute Gasteiger partial charge is 0.488 e. The summed E-state index contributed by atoms with van der Waals surface area (Å²) >= 11 is 0. The van der Waals surface area contributed by atoms with Crippen molar-refractivity contribution in [3.63, 3.8) is 0 Å². The minimum Gasteiger partial charge on any atom is -0.488 e. The molecule has 1 aliphatic carbocycles. The van der Waals surface area contributed by atoms with Crippen LogP contribution < -0.4 is 10.1 Å². The SMILES string of the molecule is Cc1ccc2cc(C(=O)N(C)[C@@H](CC(C)C)C(=O)N3C[C@]4(C[C@H]3C#N)C(=O)Nc3ccccc34)cc(OC3CC3)c2n1. The summed E-state index contributed by atoms with van der Waals surface area (Å²) in [5.41, 5.74) is 2.51. The van der Waals surface area contributed by atoms with Gasteiger partial charge in [0.15, 0.2) is 0 Å². The summed E-state index contributed by atoms with van der Waals surface area (Å²) in [7, 11) is 1.64. The van der Waals surface area contributed by atoms with Crippen molar-refractivity contribution in [2.45, 2.75) is 70.1 Å². The van der Waals surface area contributed by atoms with Crippen LogP contribution in [0.5, 0.6) is 5.75 Å². The summed E-state index contributed by atoms with van der Waals surface area (Å²) in [6.45, 7) is 6.00. The molecular formula is C33H35N5O4. The number of benzene rings is 2. The number of likely N-dealkylation sites (tertiary alicyclic amines) is 1. The summed E-state index contributed by atoms with van der Waals surface area (Å²) in [5.74, 6) is -0.179. The first-order valence-electron chi connectivity index (χ1n) is 14.6. The van der Waals surface area contributed by atoms with Gasteiger partial charge in [-0.2, -0.15) is 5.26 Å². The first-order valence-corrected chi connectivity index (χ1v) is 14.6. The van der Waals surface area contributed by atoms with Crippen LogP contribution in [0.4, 0.5) is 5.69 Å². The van der Waals surface area contributed by atoms with Crippen molar-refractivity contribution in [1.82, 2.24) is 14.8 Å². The molecule has 1 aromatic heterocycles. The van der Waals surface area contributed by atoms with Crippen molar-refractivity contribution in [2.75, 3.05) is 18.9 Å². The maximum atomic E-state index is 14.3. The van der Waals surface area contributed by atoms with E-state index in [1.807, 2.05) is 57.2 Å². The highest BCUT2D eigenvalue weighted by Gasteiger charge is 2.56. The Morgan fingerprint density at radius 1 is 1.21 bits per heavy atom. The number of fused-ring (bicyclic) bond motifs is 3. The fourth-order valence-corrected chi connectivity index (χ4v) is 6.27. The van der Waals surface area contributed by atoms with Gasteiger partial charge in [-0.3, -0.25) is 14.4 Å². The number of aromatic nitrogens is 1. The van der Waals surface area contributed by atoms with Gasteiger partial charge in [0, 0.05) is 42.3 Å². The van der Waals surface area contributed by atoms with Gasteiger partial charge < -0.3 is 19.9 Å². The molecule has 1 saturated heterocycles. The predicted molar refractivity (Wildman–Crippen MR) is 158 cm³/mol. The minimum atomic E-state index is -0.990. The molecule has 1 N–H and O–H groups in total. The van der Waals surface area contributed by atoms with Crippen LogP contribution in [0.2, 0.25) is 0 Å². The zero-order chi connectivity index (χ0) is 29.8. The number of amides is 3. The van der Waals surface area contributed by atoms with Crippen molar-refractivity contribution >= 4 is 34.3 Å². The second kappa shape index (κ2) is 10.4. The minimum absolute atomic E-state index is 0.0872. The third-order valence-electron chi connectivity index (χ3n) is 8.65. The van der Waals surface area contributed by atoms with Crippen molar-refractivity contribution < 1.29 is 19.1 Å². The van der Waals surface area contributed by atoms with Gasteiger partial charge in [-0.1, -0.05) is 38.1 Å². The lowest BCUT2D eigenvalue weighted by Gasteiger charge is -2.33. The van der Waals surface area contributed by atoms with Gasteiger partial charge in [0.1, 0.15) is 23.3 Å². The van der Waals surface area contributed by atoms with Gasteiger partial charge in [0.2, 0.25) is 11.8 Å². The van der Waals surface area contributed by atoms with E-state index < -0.39 is 17.5 Å². The number of carbonyl (C=O) groups excluding carboxylic acids is 3. The number of hydrogen-bond acceptors (Lipinski definition) is 6. The van der Waals surface area contributed by atoms with Gasteiger partial charge in [-0.15, -0.1) is 0 Å². The smallest absolute Gasteiger partial charge is 0.254 e. The van der Waals surface area contributed by atoms with E-state index in [2.05, 4.69) is 16.4 Å². The molecule has 3 aliphatic rings. The number of ether oxygens (including phenoxy) is 1. The number of nitrogens with zero attached hydrogens (tertiary/aromatic N) is 4. The van der Waals surface area contributed by atoms with Gasteiger partial charge in [-0.25, -0.2) is 4.98 Å². The van der Waals surface area contributed by atoms with Gasteiger partial charge in [0.25, 0.3) is 5.91 Å². The van der Waals surface area contributed by atoms with Crippen LogP contribution in [0, 0.1) is 24.2 Å². The van der Waals surface area contributed by atoms with Crippen LogP contribution in [-0.2, 0) is 15.0 Å². The van der Waals surface area contributed by atoms with E-state index in [9.17, 15) is 19.6 Å². The standard InChI is InChI=1S/C33H35N5O4/c1-19(2)13-27(31(40)38-18-33(16-23(38)17-34)25-7-5-6-8-26(25)36-32(33)41)37(4)30(39)22-14-21-10-9-20(3)35-29(21)28(15-22)42-24-11-12-24/h5-10,14-15,19,23-24,27H,11-13,16,18H2,1-4H3,(H,36,41)/t23-,27-,33-/m0/s1. The molecule has 3 amide bonds. The molecule has 0 bridgehead atoms. The summed E-state index contributed by atoms with van der Waals surface area (Å²) in [6, 6.07) is 15.4. The molecule has 1 saturated carbocycles. The molecule has 0 radical (unpaired) electrons. The Hall–Kier alpha value is -4.45. The third kappa shape index (κ3) is 4.75. The number of aryl methyl sites for hydroxylation is 1. The molecule has 1 spiro atoms. The lowest BCUT2D eigenvalue weighted by atomic mass is 9.80. The number of nitriles is 1. The number of carbonyl (C=O) groups is 3. The van der Waals surface area contributed by atoms with Crippen molar-refractivity contribution in [3.05, 3.63) is 65.4 Å². The van der Waals surface area contributed by atoms with E-state index in [4.69, 9.17) is 4.74 Å². The average Bonchev–Trinajstić information content (AvgIpc) is 3.64. The summed E-state index contributed by atoms with van der Waals surface area (Å²) < 4.78 is 6.16. The van der Waals surface area contributed by atoms with Crippen LogP contribution in [0.1, 0.15) is 61.1 Å². The van der Waals surface area contributed by atoms with E-state index in [-0.39, 0.29) is 42.7 Å². The van der Waals surface area contributed by atoms with Crippen molar-refractivity contribution in [1.29, 1.82) is 5.26 Å². The summed E-state index contributed by atoms with van der Waals surface area (Å²) in [4.78, 5) is 49.2. The lowest BCUT2D eigenvalue weighted by molar-refractivity contribution is -0.136. The number of likely N-dealkylation sites (N-methyl/N-ethyl adjacent to an activating group) is 1. The van der Waals surface area contributed by atoms with Crippen molar-refractivity contribution in [2.24, 2.45) is 5.92 Å². The molecule has 9 nitrogen and oxygen atoms in total. The number of pyridine rings is 1. The Bertz CT molecular complexity index is 1640. The molecule has 3 aromatic rings. The fourth-order valence-electron chi connectivity index (χ4n) is 6.27.